The molecule has 17 heavy (non-hydrogen) atoms. The second kappa shape index (κ2) is 7.03. The van der Waals surface area contributed by atoms with Crippen LogP contribution in [0.3, 0.4) is 0 Å². The van der Waals surface area contributed by atoms with Crippen LogP contribution in [-0.2, 0) is 0 Å². The van der Waals surface area contributed by atoms with Gasteiger partial charge in [-0.25, -0.2) is 0 Å². The zero-order chi connectivity index (χ0) is 12.8. The Bertz CT molecular complexity index is 388. The van der Waals surface area contributed by atoms with Gasteiger partial charge in [-0.05, 0) is 31.0 Å². The standard InChI is InChI=1S/C14H18Cl2O/c1-3-5-6-10(4-2)14(17)12-9-11(15)7-8-13(12)16/h7-10H,3-6H2,1-2H3. The summed E-state index contributed by atoms with van der Waals surface area (Å²) in [6.45, 7) is 4.17. The van der Waals surface area contributed by atoms with Crippen LogP contribution in [0, 0.1) is 5.92 Å². The molecule has 1 rings (SSSR count). The van der Waals surface area contributed by atoms with Gasteiger partial charge < -0.3 is 0 Å². The highest BCUT2D eigenvalue weighted by Gasteiger charge is 2.20. The quantitative estimate of drug-likeness (QED) is 0.635. The van der Waals surface area contributed by atoms with Crippen molar-refractivity contribution in [2.75, 3.05) is 0 Å². The van der Waals surface area contributed by atoms with Gasteiger partial charge in [0, 0.05) is 16.5 Å². The minimum Gasteiger partial charge on any atom is -0.294 e. The molecular weight excluding hydrogens is 255 g/mol. The van der Waals surface area contributed by atoms with Crippen molar-refractivity contribution in [3.63, 3.8) is 0 Å². The van der Waals surface area contributed by atoms with E-state index in [0.29, 0.717) is 15.6 Å². The number of halogens is 2. The number of benzene rings is 1. The first-order valence-corrected chi connectivity index (χ1v) is 6.85. The summed E-state index contributed by atoms with van der Waals surface area (Å²) in [7, 11) is 0. The fourth-order valence-corrected chi connectivity index (χ4v) is 2.26. The summed E-state index contributed by atoms with van der Waals surface area (Å²) in [5.41, 5.74) is 0.558. The third-order valence-electron chi connectivity index (χ3n) is 2.96. The predicted molar refractivity (Wildman–Crippen MR) is 74.1 cm³/mol. The molecular formula is C14H18Cl2O. The highest BCUT2D eigenvalue weighted by molar-refractivity contribution is 6.36. The Kier molecular flexibility index (Phi) is 6.01. The molecule has 0 spiro atoms. The first kappa shape index (κ1) is 14.5. The van der Waals surface area contributed by atoms with Crippen LogP contribution in [0.15, 0.2) is 18.2 Å². The highest BCUT2D eigenvalue weighted by atomic mass is 35.5. The zero-order valence-electron chi connectivity index (χ0n) is 10.3. The molecule has 1 nitrogen and oxygen atoms in total. The second-order valence-corrected chi connectivity index (χ2v) is 5.08. The van der Waals surface area contributed by atoms with E-state index in [-0.39, 0.29) is 11.7 Å². The van der Waals surface area contributed by atoms with Crippen LogP contribution in [0.5, 0.6) is 0 Å². The van der Waals surface area contributed by atoms with E-state index >= 15 is 0 Å². The minimum absolute atomic E-state index is 0.0610. The lowest BCUT2D eigenvalue weighted by Crippen LogP contribution is -2.14. The van der Waals surface area contributed by atoms with Gasteiger partial charge in [0.1, 0.15) is 0 Å². The number of rotatable bonds is 6. The van der Waals surface area contributed by atoms with Crippen LogP contribution < -0.4 is 0 Å². The SMILES string of the molecule is CCCCC(CC)C(=O)c1cc(Cl)ccc1Cl. The molecule has 0 bridgehead atoms. The molecule has 0 saturated carbocycles. The predicted octanol–water partition coefficient (Wildman–Crippen LogP) is 5.39. The Balaban J connectivity index is 2.89. The first-order chi connectivity index (χ1) is 8.10. The fraction of sp³-hybridized carbons (Fsp3) is 0.500. The van der Waals surface area contributed by atoms with Crippen molar-refractivity contribution < 1.29 is 4.79 Å². The van der Waals surface area contributed by atoms with Gasteiger partial charge in [-0.2, -0.15) is 0 Å². The van der Waals surface area contributed by atoms with Gasteiger partial charge in [-0.3, -0.25) is 4.79 Å². The highest BCUT2D eigenvalue weighted by Crippen LogP contribution is 2.26. The summed E-state index contributed by atoms with van der Waals surface area (Å²) in [5.74, 6) is 0.180. The van der Waals surface area contributed by atoms with Crippen molar-refractivity contribution in [2.45, 2.75) is 39.5 Å². The Hall–Kier alpha value is -0.530. The number of carbonyl (C=O) groups is 1. The number of unbranched alkanes of at least 4 members (excludes halogenated alkanes) is 1. The topological polar surface area (TPSA) is 17.1 Å². The lowest BCUT2D eigenvalue weighted by atomic mass is 9.90. The molecule has 0 aromatic heterocycles. The van der Waals surface area contributed by atoms with E-state index < -0.39 is 0 Å². The molecule has 0 heterocycles. The lowest BCUT2D eigenvalue weighted by Gasteiger charge is -2.14. The molecule has 0 N–H and O–H groups in total. The van der Waals surface area contributed by atoms with E-state index in [2.05, 4.69) is 6.92 Å². The molecule has 0 aliphatic heterocycles. The van der Waals surface area contributed by atoms with Crippen molar-refractivity contribution in [2.24, 2.45) is 5.92 Å². The molecule has 0 fully saturated rings. The number of hydrogen-bond donors (Lipinski definition) is 0. The molecule has 0 saturated heterocycles. The molecule has 0 amide bonds. The van der Waals surface area contributed by atoms with Crippen LogP contribution in [-0.4, -0.2) is 5.78 Å². The average Bonchev–Trinajstić information content (AvgIpc) is 2.33. The molecule has 3 heteroatoms. The van der Waals surface area contributed by atoms with Crippen LogP contribution in [0.1, 0.15) is 49.9 Å². The number of carbonyl (C=O) groups excluding carboxylic acids is 1. The monoisotopic (exact) mass is 272 g/mol. The number of ketones is 1. The van der Waals surface area contributed by atoms with Crippen molar-refractivity contribution in [1.82, 2.24) is 0 Å². The lowest BCUT2D eigenvalue weighted by molar-refractivity contribution is 0.0908. The Morgan fingerprint density at radius 1 is 1.29 bits per heavy atom. The van der Waals surface area contributed by atoms with Gasteiger partial charge >= 0.3 is 0 Å². The van der Waals surface area contributed by atoms with E-state index in [9.17, 15) is 4.79 Å². The van der Waals surface area contributed by atoms with Gasteiger partial charge in [0.25, 0.3) is 0 Å². The Labute approximate surface area is 113 Å². The smallest absolute Gasteiger partial charge is 0.167 e. The Morgan fingerprint density at radius 3 is 2.59 bits per heavy atom. The summed E-state index contributed by atoms with van der Waals surface area (Å²) in [6.07, 6.45) is 3.95. The van der Waals surface area contributed by atoms with Gasteiger partial charge in [-0.15, -0.1) is 0 Å². The molecule has 94 valence electrons. The summed E-state index contributed by atoms with van der Waals surface area (Å²) in [5, 5.41) is 1.05. The first-order valence-electron chi connectivity index (χ1n) is 6.09. The molecule has 0 radical (unpaired) electrons. The molecule has 1 atom stereocenters. The molecule has 0 aliphatic rings. The summed E-state index contributed by atoms with van der Waals surface area (Å²) in [4.78, 5) is 12.3. The normalized spacial score (nSPS) is 12.5. The third-order valence-corrected chi connectivity index (χ3v) is 3.53. The summed E-state index contributed by atoms with van der Waals surface area (Å²) >= 11 is 11.9. The molecule has 0 aliphatic carbocycles. The summed E-state index contributed by atoms with van der Waals surface area (Å²) < 4.78 is 0. The third kappa shape index (κ3) is 4.01. The van der Waals surface area contributed by atoms with E-state index in [1.807, 2.05) is 6.92 Å². The second-order valence-electron chi connectivity index (χ2n) is 4.24. The maximum Gasteiger partial charge on any atom is 0.167 e. The fourth-order valence-electron chi connectivity index (χ4n) is 1.88. The largest absolute Gasteiger partial charge is 0.294 e. The molecule has 1 aromatic rings. The zero-order valence-corrected chi connectivity index (χ0v) is 11.8. The van der Waals surface area contributed by atoms with E-state index in [4.69, 9.17) is 23.2 Å². The van der Waals surface area contributed by atoms with Gasteiger partial charge in [0.2, 0.25) is 0 Å². The van der Waals surface area contributed by atoms with Crippen LogP contribution in [0.2, 0.25) is 10.0 Å². The van der Waals surface area contributed by atoms with Crippen LogP contribution in [0.25, 0.3) is 0 Å². The van der Waals surface area contributed by atoms with Gasteiger partial charge in [0.05, 0.1) is 5.02 Å². The van der Waals surface area contributed by atoms with Crippen molar-refractivity contribution in [1.29, 1.82) is 0 Å². The van der Waals surface area contributed by atoms with Crippen LogP contribution >= 0.6 is 23.2 Å². The average molecular weight is 273 g/mol. The van der Waals surface area contributed by atoms with Crippen molar-refractivity contribution >= 4 is 29.0 Å². The van der Waals surface area contributed by atoms with E-state index in [1.54, 1.807) is 18.2 Å². The van der Waals surface area contributed by atoms with Gasteiger partial charge in [0.15, 0.2) is 5.78 Å². The number of hydrogen-bond acceptors (Lipinski definition) is 1. The Morgan fingerprint density at radius 2 is 2.00 bits per heavy atom. The van der Waals surface area contributed by atoms with Crippen LogP contribution in [0.4, 0.5) is 0 Å². The van der Waals surface area contributed by atoms with Crippen molar-refractivity contribution in [3.05, 3.63) is 33.8 Å². The van der Waals surface area contributed by atoms with Gasteiger partial charge in [-0.1, -0.05) is 49.9 Å². The minimum atomic E-state index is 0.0610. The van der Waals surface area contributed by atoms with E-state index in [0.717, 1.165) is 25.7 Å². The maximum atomic E-state index is 12.3. The number of Topliss-reactive ketones (excluding diaryl/α,β-unsaturated/α-hetero) is 1. The maximum absolute atomic E-state index is 12.3. The van der Waals surface area contributed by atoms with Crippen molar-refractivity contribution in [3.8, 4) is 0 Å². The summed E-state index contributed by atoms with van der Waals surface area (Å²) in [6, 6.07) is 5.05. The van der Waals surface area contributed by atoms with E-state index in [1.165, 1.54) is 0 Å². The molecule has 1 unspecified atom stereocenters. The molecule has 1 aromatic carbocycles.